The number of carbonyl (C=O) groups excluding carboxylic acids is 4. The maximum Gasteiger partial charge on any atom is 0.293 e. The molecule has 2 N–H and O–H groups in total. The number of amides is 4. The number of imide groups is 1. The zero-order valence-electron chi connectivity index (χ0n) is 16.5. The van der Waals surface area contributed by atoms with E-state index in [2.05, 4.69) is 10.6 Å². The summed E-state index contributed by atoms with van der Waals surface area (Å²) in [5, 5.41) is 5.48. The molecule has 31 heavy (non-hydrogen) atoms. The minimum Gasteiger partial charge on any atom is -0.354 e. The van der Waals surface area contributed by atoms with Crippen molar-refractivity contribution in [3.63, 3.8) is 0 Å². The minimum atomic E-state index is -0.372. The minimum absolute atomic E-state index is 0.0785. The van der Waals surface area contributed by atoms with Crippen LogP contribution in [0.15, 0.2) is 59.5 Å². The second-order valence-corrected chi connectivity index (χ2v) is 8.04. The van der Waals surface area contributed by atoms with Gasteiger partial charge in [-0.2, -0.15) is 0 Å². The Kier molecular flexibility index (Phi) is 7.86. The van der Waals surface area contributed by atoms with Crippen molar-refractivity contribution in [1.29, 1.82) is 0 Å². The zero-order valence-corrected chi connectivity index (χ0v) is 18.0. The molecular formula is C22H20ClN3O4S. The summed E-state index contributed by atoms with van der Waals surface area (Å²) < 4.78 is 0. The molecular weight excluding hydrogens is 438 g/mol. The first-order chi connectivity index (χ1) is 14.9. The molecule has 2 aromatic carbocycles. The summed E-state index contributed by atoms with van der Waals surface area (Å²) in [6, 6.07) is 15.7. The van der Waals surface area contributed by atoms with Gasteiger partial charge in [0.2, 0.25) is 5.91 Å². The molecule has 3 rings (SSSR count). The van der Waals surface area contributed by atoms with Crippen molar-refractivity contribution in [3.8, 4) is 0 Å². The van der Waals surface area contributed by atoms with Gasteiger partial charge in [0.15, 0.2) is 0 Å². The molecule has 9 heteroatoms. The standard InChI is InChI=1S/C22H20ClN3O4S/c23-17-8-6-16(7-9-17)20(28)25-11-10-19(27)24-12-13-26-21(29)18(31-22(26)30)14-15-4-2-1-3-5-15/h1-9,14H,10-13H2,(H,24,27)(H,25,28)/b18-14-. The van der Waals surface area contributed by atoms with Crippen LogP contribution in [0.25, 0.3) is 6.08 Å². The zero-order chi connectivity index (χ0) is 22.2. The SMILES string of the molecule is O=C(CCNC(=O)c1ccc(Cl)cc1)NCCN1C(=O)S/C(=C\c2ccccc2)C1=O. The first-order valence-corrected chi connectivity index (χ1v) is 10.7. The largest absolute Gasteiger partial charge is 0.354 e. The fourth-order valence-corrected chi connectivity index (χ4v) is 3.77. The third-order valence-electron chi connectivity index (χ3n) is 4.37. The van der Waals surface area contributed by atoms with Crippen LogP contribution in [0.3, 0.4) is 0 Å². The molecule has 1 heterocycles. The lowest BCUT2D eigenvalue weighted by molar-refractivity contribution is -0.124. The average Bonchev–Trinajstić information content (AvgIpc) is 3.02. The van der Waals surface area contributed by atoms with Crippen LogP contribution in [0.5, 0.6) is 0 Å². The molecule has 0 atom stereocenters. The summed E-state index contributed by atoms with van der Waals surface area (Å²) in [6.07, 6.45) is 1.75. The van der Waals surface area contributed by atoms with Gasteiger partial charge in [0, 0.05) is 36.6 Å². The highest BCUT2D eigenvalue weighted by atomic mass is 35.5. The van der Waals surface area contributed by atoms with Crippen molar-refractivity contribution in [1.82, 2.24) is 15.5 Å². The highest BCUT2D eigenvalue weighted by Gasteiger charge is 2.34. The van der Waals surface area contributed by atoms with E-state index >= 15 is 0 Å². The summed E-state index contributed by atoms with van der Waals surface area (Å²) in [5.41, 5.74) is 1.29. The number of thioether (sulfide) groups is 1. The molecule has 2 aromatic rings. The summed E-state index contributed by atoms with van der Waals surface area (Å²) in [5.74, 6) is -0.959. The smallest absolute Gasteiger partial charge is 0.293 e. The van der Waals surface area contributed by atoms with Gasteiger partial charge in [0.25, 0.3) is 17.1 Å². The van der Waals surface area contributed by atoms with Gasteiger partial charge in [-0.15, -0.1) is 0 Å². The Morgan fingerprint density at radius 1 is 0.968 bits per heavy atom. The normalized spacial score (nSPS) is 14.7. The van der Waals surface area contributed by atoms with Gasteiger partial charge in [-0.25, -0.2) is 0 Å². The van der Waals surface area contributed by atoms with Crippen LogP contribution in [0.1, 0.15) is 22.3 Å². The third-order valence-corrected chi connectivity index (χ3v) is 5.53. The van der Waals surface area contributed by atoms with Crippen LogP contribution in [0, 0.1) is 0 Å². The summed E-state index contributed by atoms with van der Waals surface area (Å²) in [4.78, 5) is 50.0. The molecule has 0 aliphatic carbocycles. The molecule has 0 radical (unpaired) electrons. The summed E-state index contributed by atoms with van der Waals surface area (Å²) >= 11 is 6.67. The van der Waals surface area contributed by atoms with E-state index in [-0.39, 0.29) is 49.0 Å². The van der Waals surface area contributed by atoms with Crippen molar-refractivity contribution in [2.45, 2.75) is 6.42 Å². The molecule has 160 valence electrons. The van der Waals surface area contributed by atoms with E-state index in [0.717, 1.165) is 22.2 Å². The van der Waals surface area contributed by atoms with Crippen LogP contribution in [0.4, 0.5) is 4.79 Å². The van der Waals surface area contributed by atoms with Gasteiger partial charge in [-0.05, 0) is 47.7 Å². The fourth-order valence-electron chi connectivity index (χ4n) is 2.78. The molecule has 7 nitrogen and oxygen atoms in total. The van der Waals surface area contributed by atoms with Crippen molar-refractivity contribution in [3.05, 3.63) is 75.7 Å². The molecule has 0 spiro atoms. The molecule has 0 aromatic heterocycles. The van der Waals surface area contributed by atoms with E-state index in [1.54, 1.807) is 30.3 Å². The number of rotatable bonds is 8. The molecule has 4 amide bonds. The number of hydrogen-bond donors (Lipinski definition) is 2. The predicted molar refractivity (Wildman–Crippen MR) is 121 cm³/mol. The molecule has 1 saturated heterocycles. The number of benzene rings is 2. The summed E-state index contributed by atoms with van der Waals surface area (Å²) in [7, 11) is 0. The van der Waals surface area contributed by atoms with Crippen molar-refractivity contribution in [2.24, 2.45) is 0 Å². The van der Waals surface area contributed by atoms with E-state index in [4.69, 9.17) is 11.6 Å². The number of hydrogen-bond acceptors (Lipinski definition) is 5. The quantitative estimate of drug-likeness (QED) is 0.593. The molecule has 0 bridgehead atoms. The second-order valence-electron chi connectivity index (χ2n) is 6.61. The lowest BCUT2D eigenvalue weighted by Gasteiger charge is -2.13. The van der Waals surface area contributed by atoms with E-state index in [0.29, 0.717) is 15.5 Å². The topological polar surface area (TPSA) is 95.6 Å². The van der Waals surface area contributed by atoms with E-state index in [1.807, 2.05) is 30.3 Å². The first kappa shape index (κ1) is 22.6. The van der Waals surface area contributed by atoms with Crippen molar-refractivity contribution in [2.75, 3.05) is 19.6 Å². The summed E-state index contributed by atoms with van der Waals surface area (Å²) in [6.45, 7) is 0.384. The van der Waals surface area contributed by atoms with Gasteiger partial charge in [-0.3, -0.25) is 24.1 Å². The number of halogens is 1. The Bertz CT molecular complexity index is 1010. The molecule has 0 unspecified atom stereocenters. The van der Waals surface area contributed by atoms with E-state index in [9.17, 15) is 19.2 Å². The van der Waals surface area contributed by atoms with E-state index < -0.39 is 0 Å². The lowest BCUT2D eigenvalue weighted by Crippen LogP contribution is -2.38. The monoisotopic (exact) mass is 457 g/mol. The van der Waals surface area contributed by atoms with Gasteiger partial charge in [0.05, 0.1) is 4.91 Å². The third kappa shape index (κ3) is 6.44. The van der Waals surface area contributed by atoms with Crippen LogP contribution in [0.2, 0.25) is 5.02 Å². The maximum atomic E-state index is 12.4. The molecule has 1 fully saturated rings. The Morgan fingerprint density at radius 3 is 2.39 bits per heavy atom. The Hall–Kier alpha value is -3.10. The second kappa shape index (κ2) is 10.8. The van der Waals surface area contributed by atoms with Crippen LogP contribution in [-0.2, 0) is 9.59 Å². The van der Waals surface area contributed by atoms with Crippen LogP contribution < -0.4 is 10.6 Å². The fraction of sp³-hybridized carbons (Fsp3) is 0.182. The van der Waals surface area contributed by atoms with E-state index in [1.165, 1.54) is 0 Å². The Labute approximate surface area is 188 Å². The molecule has 1 aliphatic heterocycles. The maximum absolute atomic E-state index is 12.4. The first-order valence-electron chi connectivity index (χ1n) is 9.55. The van der Waals surface area contributed by atoms with Crippen molar-refractivity contribution >= 4 is 52.4 Å². The lowest BCUT2D eigenvalue weighted by atomic mass is 10.2. The molecule has 1 aliphatic rings. The van der Waals surface area contributed by atoms with Crippen molar-refractivity contribution < 1.29 is 19.2 Å². The number of nitrogens with one attached hydrogen (secondary N) is 2. The predicted octanol–water partition coefficient (Wildman–Crippen LogP) is 3.31. The van der Waals surface area contributed by atoms with Gasteiger partial charge >= 0.3 is 0 Å². The molecule has 0 saturated carbocycles. The average molecular weight is 458 g/mol. The van der Waals surface area contributed by atoms with Gasteiger partial charge < -0.3 is 10.6 Å². The number of nitrogens with zero attached hydrogens (tertiary/aromatic N) is 1. The Balaban J connectivity index is 1.39. The Morgan fingerprint density at radius 2 is 1.68 bits per heavy atom. The highest BCUT2D eigenvalue weighted by molar-refractivity contribution is 8.18. The highest BCUT2D eigenvalue weighted by Crippen LogP contribution is 2.31. The van der Waals surface area contributed by atoms with Crippen LogP contribution in [-0.4, -0.2) is 47.5 Å². The number of carbonyl (C=O) groups is 4. The van der Waals surface area contributed by atoms with Gasteiger partial charge in [-0.1, -0.05) is 41.9 Å². The van der Waals surface area contributed by atoms with Crippen LogP contribution >= 0.6 is 23.4 Å². The van der Waals surface area contributed by atoms with Gasteiger partial charge in [0.1, 0.15) is 0 Å².